The largest absolute Gasteiger partial charge is 0.487 e. The van der Waals surface area contributed by atoms with Gasteiger partial charge in [0.15, 0.2) is 4.67 Å². The topological polar surface area (TPSA) is 9.23 Å². The monoisotopic (exact) mass is 234 g/mol. The van der Waals surface area contributed by atoms with Gasteiger partial charge in [-0.25, -0.2) is 0 Å². The Balaban J connectivity index is 2.86. The maximum Gasteiger partial charge on any atom is 0.154 e. The van der Waals surface area contributed by atoms with Crippen LogP contribution in [0.3, 0.4) is 0 Å². The van der Waals surface area contributed by atoms with Crippen LogP contribution in [0.1, 0.15) is 45.4 Å². The van der Waals surface area contributed by atoms with Gasteiger partial charge >= 0.3 is 0 Å². The molecule has 0 aliphatic rings. The standard InChI is InChI=1S/C10H19BrO/c1-3-4-5-6-7-8-9-12-10(2)11/h2-9H2,1H3. The Labute approximate surface area is 84.3 Å². The van der Waals surface area contributed by atoms with Crippen molar-refractivity contribution in [2.45, 2.75) is 45.4 Å². The zero-order valence-electron chi connectivity index (χ0n) is 7.94. The van der Waals surface area contributed by atoms with Crippen LogP contribution in [-0.4, -0.2) is 6.61 Å². The Morgan fingerprint density at radius 1 is 1.17 bits per heavy atom. The van der Waals surface area contributed by atoms with Crippen molar-refractivity contribution in [2.75, 3.05) is 6.61 Å². The fourth-order valence-electron chi connectivity index (χ4n) is 1.07. The first-order valence-corrected chi connectivity index (χ1v) is 5.54. The molecule has 0 aliphatic heterocycles. The summed E-state index contributed by atoms with van der Waals surface area (Å²) in [7, 11) is 0. The van der Waals surface area contributed by atoms with E-state index in [0.29, 0.717) is 4.67 Å². The van der Waals surface area contributed by atoms with Crippen LogP contribution >= 0.6 is 15.9 Å². The summed E-state index contributed by atoms with van der Waals surface area (Å²) in [5.41, 5.74) is 0. The predicted molar refractivity (Wildman–Crippen MR) is 57.4 cm³/mol. The summed E-state index contributed by atoms with van der Waals surface area (Å²) in [6.07, 6.45) is 7.81. The van der Waals surface area contributed by atoms with Gasteiger partial charge in [-0.15, -0.1) is 0 Å². The lowest BCUT2D eigenvalue weighted by atomic mass is 10.1. The average Bonchev–Trinajstić information content (AvgIpc) is 2.02. The molecule has 0 N–H and O–H groups in total. The molecule has 0 heterocycles. The summed E-state index contributed by atoms with van der Waals surface area (Å²) < 4.78 is 5.82. The van der Waals surface area contributed by atoms with Crippen LogP contribution in [0.4, 0.5) is 0 Å². The number of hydrogen-bond donors (Lipinski definition) is 0. The molecule has 0 saturated heterocycles. The van der Waals surface area contributed by atoms with E-state index in [2.05, 4.69) is 29.4 Å². The molecule has 0 saturated carbocycles. The Hall–Kier alpha value is 0.0200. The molecule has 0 rings (SSSR count). The molecule has 2 heteroatoms. The summed E-state index contributed by atoms with van der Waals surface area (Å²) in [5, 5.41) is 0. The van der Waals surface area contributed by atoms with Gasteiger partial charge in [0.05, 0.1) is 6.61 Å². The van der Waals surface area contributed by atoms with Gasteiger partial charge in [0.1, 0.15) is 0 Å². The fraction of sp³-hybridized carbons (Fsp3) is 0.800. The van der Waals surface area contributed by atoms with Crippen LogP contribution in [0.15, 0.2) is 11.2 Å². The molecule has 0 fully saturated rings. The second kappa shape index (κ2) is 9.11. The van der Waals surface area contributed by atoms with Crippen molar-refractivity contribution < 1.29 is 4.74 Å². The normalized spacial score (nSPS) is 9.83. The molecule has 0 radical (unpaired) electrons. The van der Waals surface area contributed by atoms with E-state index >= 15 is 0 Å². The summed E-state index contributed by atoms with van der Waals surface area (Å²) in [6, 6.07) is 0. The predicted octanol–water partition coefficient (Wildman–Crippen LogP) is 4.23. The lowest BCUT2D eigenvalue weighted by Gasteiger charge is -2.02. The molecule has 0 aliphatic carbocycles. The van der Waals surface area contributed by atoms with Gasteiger partial charge in [-0.3, -0.25) is 0 Å². The van der Waals surface area contributed by atoms with E-state index in [1.54, 1.807) is 0 Å². The van der Waals surface area contributed by atoms with E-state index in [9.17, 15) is 0 Å². The Kier molecular flexibility index (Phi) is 9.13. The third kappa shape index (κ3) is 10.0. The van der Waals surface area contributed by atoms with Crippen LogP contribution in [0.2, 0.25) is 0 Å². The summed E-state index contributed by atoms with van der Waals surface area (Å²) >= 11 is 3.15. The lowest BCUT2D eigenvalue weighted by Crippen LogP contribution is -1.89. The van der Waals surface area contributed by atoms with Crippen LogP contribution < -0.4 is 0 Å². The highest BCUT2D eigenvalue weighted by Crippen LogP contribution is 2.07. The minimum atomic E-state index is 0.649. The smallest absolute Gasteiger partial charge is 0.154 e. The number of halogens is 1. The second-order valence-electron chi connectivity index (χ2n) is 2.97. The number of hydrogen-bond acceptors (Lipinski definition) is 1. The van der Waals surface area contributed by atoms with Crippen LogP contribution in [0, 0.1) is 0 Å². The van der Waals surface area contributed by atoms with Crippen molar-refractivity contribution in [3.63, 3.8) is 0 Å². The van der Waals surface area contributed by atoms with Crippen LogP contribution in [0.25, 0.3) is 0 Å². The van der Waals surface area contributed by atoms with E-state index < -0.39 is 0 Å². The van der Waals surface area contributed by atoms with Gasteiger partial charge in [0, 0.05) is 0 Å². The molecule has 0 atom stereocenters. The zero-order chi connectivity index (χ0) is 9.23. The molecule has 1 nitrogen and oxygen atoms in total. The van der Waals surface area contributed by atoms with E-state index in [4.69, 9.17) is 4.74 Å². The van der Waals surface area contributed by atoms with Gasteiger partial charge in [-0.1, -0.05) is 39.0 Å². The zero-order valence-corrected chi connectivity index (χ0v) is 9.53. The van der Waals surface area contributed by atoms with E-state index in [0.717, 1.165) is 13.0 Å². The van der Waals surface area contributed by atoms with E-state index in [1.165, 1.54) is 32.1 Å². The fourth-order valence-corrected chi connectivity index (χ4v) is 1.23. The first-order chi connectivity index (χ1) is 5.77. The number of ether oxygens (including phenoxy) is 1. The Bertz CT molecular complexity index is 112. The second-order valence-corrected chi connectivity index (χ2v) is 3.86. The highest BCUT2D eigenvalue weighted by molar-refractivity contribution is 9.11. The van der Waals surface area contributed by atoms with Crippen molar-refractivity contribution in [2.24, 2.45) is 0 Å². The van der Waals surface area contributed by atoms with E-state index in [1.807, 2.05) is 0 Å². The molecule has 0 spiro atoms. The first-order valence-electron chi connectivity index (χ1n) is 4.74. The lowest BCUT2D eigenvalue weighted by molar-refractivity contribution is 0.233. The summed E-state index contributed by atoms with van der Waals surface area (Å²) in [5.74, 6) is 0. The highest BCUT2D eigenvalue weighted by atomic mass is 79.9. The van der Waals surface area contributed by atoms with Crippen molar-refractivity contribution in [3.05, 3.63) is 11.2 Å². The molecule has 0 amide bonds. The minimum absolute atomic E-state index is 0.649. The molecule has 72 valence electrons. The molecule has 12 heavy (non-hydrogen) atoms. The Morgan fingerprint density at radius 2 is 1.75 bits per heavy atom. The third-order valence-electron chi connectivity index (χ3n) is 1.76. The molecule has 0 aromatic carbocycles. The van der Waals surface area contributed by atoms with Crippen molar-refractivity contribution in [3.8, 4) is 0 Å². The van der Waals surface area contributed by atoms with Crippen molar-refractivity contribution in [1.29, 1.82) is 0 Å². The quantitative estimate of drug-likeness (QED) is 0.452. The van der Waals surface area contributed by atoms with Gasteiger partial charge in [-0.2, -0.15) is 0 Å². The molecular weight excluding hydrogens is 216 g/mol. The van der Waals surface area contributed by atoms with Crippen molar-refractivity contribution in [1.82, 2.24) is 0 Å². The number of unbranched alkanes of at least 4 members (excludes halogenated alkanes) is 5. The molecule has 0 unspecified atom stereocenters. The molecule has 0 aromatic heterocycles. The maximum absolute atomic E-state index is 5.17. The van der Waals surface area contributed by atoms with Crippen LogP contribution in [0.5, 0.6) is 0 Å². The third-order valence-corrected chi connectivity index (χ3v) is 1.99. The highest BCUT2D eigenvalue weighted by Gasteiger charge is 1.90. The summed E-state index contributed by atoms with van der Waals surface area (Å²) in [4.78, 5) is 0. The molecule has 0 aromatic rings. The average molecular weight is 235 g/mol. The summed E-state index contributed by atoms with van der Waals surface area (Å²) in [6.45, 7) is 6.63. The van der Waals surface area contributed by atoms with E-state index in [-0.39, 0.29) is 0 Å². The molecular formula is C10H19BrO. The minimum Gasteiger partial charge on any atom is -0.487 e. The van der Waals surface area contributed by atoms with Crippen LogP contribution in [-0.2, 0) is 4.74 Å². The van der Waals surface area contributed by atoms with Gasteiger partial charge < -0.3 is 4.74 Å². The number of rotatable bonds is 8. The van der Waals surface area contributed by atoms with Gasteiger partial charge in [0.2, 0.25) is 0 Å². The Morgan fingerprint density at radius 3 is 2.33 bits per heavy atom. The first kappa shape index (κ1) is 12.0. The maximum atomic E-state index is 5.17. The van der Waals surface area contributed by atoms with Crippen molar-refractivity contribution >= 4 is 15.9 Å². The van der Waals surface area contributed by atoms with Gasteiger partial charge in [0.25, 0.3) is 0 Å². The SMILES string of the molecule is C=C(Br)OCCCCCCCC. The molecule has 0 bridgehead atoms. The van der Waals surface area contributed by atoms with Gasteiger partial charge in [-0.05, 0) is 28.9 Å².